The predicted octanol–water partition coefficient (Wildman–Crippen LogP) is 3.14. The van der Waals surface area contributed by atoms with Gasteiger partial charge < -0.3 is 19.6 Å². The van der Waals surface area contributed by atoms with E-state index in [1.54, 1.807) is 29.7 Å². The average molecular weight is 449 g/mol. The maximum Gasteiger partial charge on any atom is 0.287 e. The molecule has 0 radical (unpaired) electrons. The van der Waals surface area contributed by atoms with E-state index in [0.29, 0.717) is 30.1 Å². The maximum absolute atomic E-state index is 13.4. The van der Waals surface area contributed by atoms with Gasteiger partial charge in [0.05, 0.1) is 29.6 Å². The molecule has 0 spiro atoms. The molecule has 0 saturated carbocycles. The van der Waals surface area contributed by atoms with Crippen molar-refractivity contribution in [2.24, 2.45) is 0 Å². The molecule has 0 bridgehead atoms. The van der Waals surface area contributed by atoms with Crippen molar-refractivity contribution in [2.45, 2.75) is 18.4 Å². The van der Waals surface area contributed by atoms with Crippen LogP contribution in [0, 0.1) is 0 Å². The first kappa shape index (κ1) is 20.3. The average Bonchev–Trinajstić information content (AvgIpc) is 3.51. The molecule has 4 aromatic rings. The minimum Gasteiger partial charge on any atom is -0.344 e. The van der Waals surface area contributed by atoms with Gasteiger partial charge in [-0.1, -0.05) is 23.7 Å². The van der Waals surface area contributed by atoms with Crippen LogP contribution in [0.2, 0.25) is 5.02 Å². The Balaban J connectivity index is 1.42. The Morgan fingerprint density at radius 2 is 2.03 bits per heavy atom. The largest absolute Gasteiger partial charge is 0.344 e. The summed E-state index contributed by atoms with van der Waals surface area (Å²) in [6.07, 6.45) is 9.06. The molecule has 2 unspecified atom stereocenters. The first-order valence-corrected chi connectivity index (χ1v) is 10.7. The lowest BCUT2D eigenvalue weighted by atomic mass is 9.85. The third-order valence-corrected chi connectivity index (χ3v) is 6.16. The van der Waals surface area contributed by atoms with E-state index in [4.69, 9.17) is 11.6 Å². The number of fused-ring (bicyclic) bond motifs is 1. The van der Waals surface area contributed by atoms with Crippen molar-refractivity contribution in [3.63, 3.8) is 0 Å². The van der Waals surface area contributed by atoms with Gasteiger partial charge in [0.15, 0.2) is 5.82 Å². The van der Waals surface area contributed by atoms with E-state index in [-0.39, 0.29) is 29.6 Å². The second-order valence-electron chi connectivity index (χ2n) is 7.82. The molecule has 2 atom stereocenters. The maximum atomic E-state index is 13.4. The van der Waals surface area contributed by atoms with Crippen molar-refractivity contribution in [1.82, 2.24) is 29.6 Å². The fourth-order valence-electron chi connectivity index (χ4n) is 4.32. The van der Waals surface area contributed by atoms with Crippen LogP contribution in [0.3, 0.4) is 0 Å². The fourth-order valence-corrected chi connectivity index (χ4v) is 4.44. The van der Waals surface area contributed by atoms with E-state index in [0.717, 1.165) is 11.1 Å². The number of amides is 2. The van der Waals surface area contributed by atoms with Crippen LogP contribution in [-0.4, -0.2) is 55.2 Å². The van der Waals surface area contributed by atoms with E-state index in [1.165, 1.54) is 6.20 Å². The minimum absolute atomic E-state index is 0.0426. The molecule has 5 rings (SSSR count). The topological polar surface area (TPSA) is 95.4 Å². The minimum atomic E-state index is -0.300. The Hall–Kier alpha value is -3.65. The molecule has 1 aliphatic heterocycles. The Kier molecular flexibility index (Phi) is 5.36. The third-order valence-electron chi connectivity index (χ3n) is 5.91. The number of benzene rings is 1. The molecule has 9 heteroatoms. The number of halogens is 1. The van der Waals surface area contributed by atoms with E-state index < -0.39 is 0 Å². The van der Waals surface area contributed by atoms with Crippen molar-refractivity contribution < 1.29 is 9.59 Å². The van der Waals surface area contributed by atoms with Crippen LogP contribution >= 0.6 is 11.6 Å². The SMILES string of the molecule is O=C(NC1CN(C(=O)c2cccn3cncc23)CCC1c1ccc(Cl)cc1)c1ncc[nH]1. The van der Waals surface area contributed by atoms with Gasteiger partial charge in [-0.2, -0.15) is 0 Å². The van der Waals surface area contributed by atoms with Gasteiger partial charge in [-0.25, -0.2) is 9.97 Å². The molecule has 0 aliphatic carbocycles. The van der Waals surface area contributed by atoms with Crippen molar-refractivity contribution >= 4 is 28.9 Å². The fraction of sp³-hybridized carbons (Fsp3) is 0.217. The van der Waals surface area contributed by atoms with Crippen LogP contribution < -0.4 is 5.32 Å². The molecule has 2 amide bonds. The summed E-state index contributed by atoms with van der Waals surface area (Å²) in [6, 6.07) is 11.0. The van der Waals surface area contributed by atoms with Crippen LogP contribution in [0.1, 0.15) is 38.9 Å². The molecule has 1 aliphatic rings. The highest BCUT2D eigenvalue weighted by Crippen LogP contribution is 2.30. The number of imidazole rings is 2. The summed E-state index contributed by atoms with van der Waals surface area (Å²) in [4.78, 5) is 39.0. The molecule has 4 heterocycles. The number of nitrogens with one attached hydrogen (secondary N) is 2. The zero-order chi connectivity index (χ0) is 22.1. The quantitative estimate of drug-likeness (QED) is 0.501. The summed E-state index contributed by atoms with van der Waals surface area (Å²) in [6.45, 7) is 0.961. The second kappa shape index (κ2) is 8.47. The number of aromatic nitrogens is 4. The zero-order valence-corrected chi connectivity index (χ0v) is 17.9. The lowest BCUT2D eigenvalue weighted by Gasteiger charge is -2.39. The molecular formula is C23H21ClN6O2. The van der Waals surface area contributed by atoms with Gasteiger partial charge in [-0.3, -0.25) is 9.59 Å². The first-order chi connectivity index (χ1) is 15.6. The summed E-state index contributed by atoms with van der Waals surface area (Å²) >= 11 is 6.07. The van der Waals surface area contributed by atoms with Gasteiger partial charge >= 0.3 is 0 Å². The Morgan fingerprint density at radius 3 is 2.81 bits per heavy atom. The zero-order valence-electron chi connectivity index (χ0n) is 17.1. The number of carbonyl (C=O) groups excluding carboxylic acids is 2. The molecule has 3 aromatic heterocycles. The van der Waals surface area contributed by atoms with Crippen LogP contribution in [0.5, 0.6) is 0 Å². The van der Waals surface area contributed by atoms with Gasteiger partial charge in [0.1, 0.15) is 0 Å². The number of rotatable bonds is 4. The highest BCUT2D eigenvalue weighted by Gasteiger charge is 2.34. The van der Waals surface area contributed by atoms with Gasteiger partial charge in [-0.15, -0.1) is 0 Å². The summed E-state index contributed by atoms with van der Waals surface area (Å²) in [5.74, 6) is -0.0950. The smallest absolute Gasteiger partial charge is 0.287 e. The number of H-pyrrole nitrogens is 1. The monoisotopic (exact) mass is 448 g/mol. The number of hydrogen-bond donors (Lipinski definition) is 2. The summed E-state index contributed by atoms with van der Waals surface area (Å²) in [5, 5.41) is 3.73. The number of nitrogens with zero attached hydrogens (tertiary/aromatic N) is 4. The highest BCUT2D eigenvalue weighted by molar-refractivity contribution is 6.30. The number of aromatic amines is 1. The lowest BCUT2D eigenvalue weighted by molar-refractivity contribution is 0.0655. The number of piperidine rings is 1. The second-order valence-corrected chi connectivity index (χ2v) is 8.26. The van der Waals surface area contributed by atoms with E-state index in [9.17, 15) is 9.59 Å². The van der Waals surface area contributed by atoms with E-state index >= 15 is 0 Å². The van der Waals surface area contributed by atoms with Gasteiger partial charge in [0.2, 0.25) is 0 Å². The first-order valence-electron chi connectivity index (χ1n) is 10.4. The van der Waals surface area contributed by atoms with Gasteiger partial charge in [0, 0.05) is 42.6 Å². The van der Waals surface area contributed by atoms with Gasteiger partial charge in [-0.05, 0) is 36.2 Å². The molecule has 162 valence electrons. The lowest BCUT2D eigenvalue weighted by Crippen LogP contribution is -2.53. The molecule has 1 fully saturated rings. The molecule has 8 nitrogen and oxygen atoms in total. The third kappa shape index (κ3) is 3.85. The summed E-state index contributed by atoms with van der Waals surface area (Å²) in [5.41, 5.74) is 2.42. The summed E-state index contributed by atoms with van der Waals surface area (Å²) in [7, 11) is 0. The predicted molar refractivity (Wildman–Crippen MR) is 120 cm³/mol. The van der Waals surface area contributed by atoms with Crippen LogP contribution in [0.25, 0.3) is 5.52 Å². The normalized spacial score (nSPS) is 18.6. The highest BCUT2D eigenvalue weighted by atomic mass is 35.5. The molecule has 1 aromatic carbocycles. The number of carbonyl (C=O) groups is 2. The number of hydrogen-bond acceptors (Lipinski definition) is 4. The Bertz CT molecular complexity index is 1250. The van der Waals surface area contributed by atoms with Crippen LogP contribution in [0.4, 0.5) is 0 Å². The van der Waals surface area contributed by atoms with E-state index in [2.05, 4.69) is 20.3 Å². The molecular weight excluding hydrogens is 428 g/mol. The molecule has 2 N–H and O–H groups in total. The van der Waals surface area contributed by atoms with Crippen molar-refractivity contribution in [3.8, 4) is 0 Å². The van der Waals surface area contributed by atoms with Crippen LogP contribution in [0.15, 0.2) is 67.5 Å². The Labute approximate surface area is 189 Å². The van der Waals surface area contributed by atoms with Crippen molar-refractivity contribution in [1.29, 1.82) is 0 Å². The van der Waals surface area contributed by atoms with Gasteiger partial charge in [0.25, 0.3) is 11.8 Å². The standard InChI is InChI=1S/C23H21ClN6O2/c24-16-5-3-15(4-6-16)17-7-11-29(13-19(17)28-22(31)21-26-8-9-27-21)23(32)18-2-1-10-30-14-25-12-20(18)30/h1-6,8-10,12,14,17,19H,7,11,13H2,(H,26,27)(H,28,31). The van der Waals surface area contributed by atoms with Crippen molar-refractivity contribution in [3.05, 3.63) is 89.5 Å². The summed E-state index contributed by atoms with van der Waals surface area (Å²) < 4.78 is 1.82. The molecule has 32 heavy (non-hydrogen) atoms. The van der Waals surface area contributed by atoms with E-state index in [1.807, 2.05) is 40.9 Å². The number of pyridine rings is 1. The number of likely N-dealkylation sites (tertiary alicyclic amines) is 1. The Morgan fingerprint density at radius 1 is 1.19 bits per heavy atom. The molecule has 1 saturated heterocycles. The van der Waals surface area contributed by atoms with Crippen molar-refractivity contribution in [2.75, 3.05) is 13.1 Å². The van der Waals surface area contributed by atoms with Crippen LogP contribution in [-0.2, 0) is 0 Å².